The average Bonchev–Trinajstić information content (AvgIpc) is 3.36. The Morgan fingerprint density at radius 1 is 1.22 bits per heavy atom. The first kappa shape index (κ1) is 17.8. The number of anilines is 1. The lowest BCUT2D eigenvalue weighted by molar-refractivity contribution is -0.116. The summed E-state index contributed by atoms with van der Waals surface area (Å²) in [5.74, 6) is -0.00410. The molecule has 0 fully saturated rings. The van der Waals surface area contributed by atoms with Gasteiger partial charge in [0.05, 0.1) is 11.4 Å². The van der Waals surface area contributed by atoms with Crippen molar-refractivity contribution in [3.8, 4) is 10.6 Å². The number of sulfonamides is 1. The van der Waals surface area contributed by atoms with E-state index in [1.54, 1.807) is 29.5 Å². The number of hydrogen-bond donors (Lipinski definition) is 2. The number of amides is 1. The third-order valence-corrected chi connectivity index (χ3v) is 6.68. The molecule has 3 aromatic rings. The van der Waals surface area contributed by atoms with Gasteiger partial charge in [-0.1, -0.05) is 23.5 Å². The monoisotopic (exact) mass is 419 g/mol. The molecular weight excluding hydrogens is 406 g/mol. The Kier molecular flexibility index (Phi) is 4.72. The second-order valence-corrected chi connectivity index (χ2v) is 8.96. The Balaban J connectivity index is 1.37. The van der Waals surface area contributed by atoms with Crippen LogP contribution in [0.25, 0.3) is 10.6 Å². The molecule has 0 unspecified atom stereocenters. The van der Waals surface area contributed by atoms with E-state index in [2.05, 4.69) is 25.2 Å². The van der Waals surface area contributed by atoms with E-state index < -0.39 is 10.0 Å². The zero-order valence-electron chi connectivity index (χ0n) is 13.7. The molecule has 8 nitrogen and oxygen atoms in total. The number of hydrogen-bond acceptors (Lipinski definition) is 8. The van der Waals surface area contributed by atoms with Crippen LogP contribution >= 0.6 is 22.7 Å². The molecule has 0 atom stereocenters. The Morgan fingerprint density at radius 2 is 2.07 bits per heavy atom. The Bertz CT molecular complexity index is 1120. The summed E-state index contributed by atoms with van der Waals surface area (Å²) in [6, 6.07) is 8.53. The number of rotatable bonds is 5. The molecule has 27 heavy (non-hydrogen) atoms. The van der Waals surface area contributed by atoms with Gasteiger partial charge in [0, 0.05) is 22.9 Å². The van der Waals surface area contributed by atoms with Crippen molar-refractivity contribution in [2.24, 2.45) is 4.99 Å². The van der Waals surface area contributed by atoms with Crippen LogP contribution in [0.3, 0.4) is 0 Å². The van der Waals surface area contributed by atoms with Gasteiger partial charge in [-0.15, -0.1) is 10.2 Å². The molecule has 2 aromatic heterocycles. The summed E-state index contributed by atoms with van der Waals surface area (Å²) >= 11 is 2.86. The predicted octanol–water partition coefficient (Wildman–Crippen LogP) is 2.33. The van der Waals surface area contributed by atoms with Crippen molar-refractivity contribution in [2.75, 3.05) is 11.9 Å². The molecule has 0 saturated heterocycles. The highest BCUT2D eigenvalue weighted by atomic mass is 32.2. The minimum absolute atomic E-state index is 0.0980. The topological polar surface area (TPSA) is 113 Å². The number of amidine groups is 1. The van der Waals surface area contributed by atoms with Gasteiger partial charge >= 0.3 is 0 Å². The molecule has 138 valence electrons. The molecular formula is C16H13N5O3S3. The number of fused-ring (bicyclic) bond motifs is 1. The molecule has 0 saturated carbocycles. The maximum Gasteiger partial charge on any atom is 0.263 e. The molecule has 3 heterocycles. The minimum atomic E-state index is -3.57. The number of nitrogens with one attached hydrogen (secondary N) is 2. The zero-order valence-corrected chi connectivity index (χ0v) is 16.2. The highest BCUT2D eigenvalue weighted by molar-refractivity contribution is 7.90. The van der Waals surface area contributed by atoms with Crippen molar-refractivity contribution in [2.45, 2.75) is 11.3 Å². The number of aromatic nitrogens is 2. The molecule has 1 aromatic carbocycles. The summed E-state index contributed by atoms with van der Waals surface area (Å²) in [7, 11) is -3.57. The van der Waals surface area contributed by atoms with Gasteiger partial charge in [0.15, 0.2) is 0 Å². The van der Waals surface area contributed by atoms with E-state index in [4.69, 9.17) is 0 Å². The van der Waals surface area contributed by atoms with Crippen LogP contribution in [0.2, 0.25) is 0 Å². The fourth-order valence-electron chi connectivity index (χ4n) is 2.48. The lowest BCUT2D eigenvalue weighted by atomic mass is 10.2. The van der Waals surface area contributed by atoms with Gasteiger partial charge in [-0.3, -0.25) is 14.5 Å². The van der Waals surface area contributed by atoms with Gasteiger partial charge in [0.25, 0.3) is 10.0 Å². The second kappa shape index (κ2) is 7.18. The van der Waals surface area contributed by atoms with Crippen LogP contribution in [0.15, 0.2) is 51.0 Å². The maximum absolute atomic E-state index is 12.1. The second-order valence-electron chi connectivity index (χ2n) is 5.55. The van der Waals surface area contributed by atoms with Crippen LogP contribution in [0.5, 0.6) is 0 Å². The quantitative estimate of drug-likeness (QED) is 0.659. The van der Waals surface area contributed by atoms with Crippen molar-refractivity contribution in [3.63, 3.8) is 0 Å². The number of aliphatic imine (C=N–C) groups is 1. The van der Waals surface area contributed by atoms with Gasteiger partial charge in [-0.05, 0) is 23.6 Å². The maximum atomic E-state index is 12.1. The van der Waals surface area contributed by atoms with Gasteiger partial charge < -0.3 is 5.32 Å². The molecule has 0 bridgehead atoms. The van der Waals surface area contributed by atoms with Crippen LogP contribution in [0, 0.1) is 0 Å². The van der Waals surface area contributed by atoms with E-state index in [0.29, 0.717) is 10.7 Å². The number of benzene rings is 1. The smallest absolute Gasteiger partial charge is 0.263 e. The van der Waals surface area contributed by atoms with Crippen molar-refractivity contribution in [1.29, 1.82) is 0 Å². The van der Waals surface area contributed by atoms with Crippen LogP contribution < -0.4 is 10.0 Å². The molecule has 1 aliphatic rings. The summed E-state index contributed by atoms with van der Waals surface area (Å²) in [6.07, 6.45) is 0.0980. The summed E-state index contributed by atoms with van der Waals surface area (Å²) in [4.78, 5) is 16.5. The van der Waals surface area contributed by atoms with Gasteiger partial charge in [0.1, 0.15) is 10.8 Å². The Hall–Kier alpha value is -2.63. The molecule has 11 heteroatoms. The first-order valence-corrected chi connectivity index (χ1v) is 11.1. The van der Waals surface area contributed by atoms with Crippen molar-refractivity contribution in [1.82, 2.24) is 14.9 Å². The summed E-state index contributed by atoms with van der Waals surface area (Å²) in [5, 5.41) is 15.8. The van der Waals surface area contributed by atoms with Crippen molar-refractivity contribution in [3.05, 3.63) is 46.7 Å². The lowest BCUT2D eigenvalue weighted by Crippen LogP contribution is -2.23. The van der Waals surface area contributed by atoms with E-state index in [-0.39, 0.29) is 29.6 Å². The lowest BCUT2D eigenvalue weighted by Gasteiger charge is -2.00. The van der Waals surface area contributed by atoms with Gasteiger partial charge in [0.2, 0.25) is 11.0 Å². The number of carbonyl (C=O) groups is 1. The van der Waals surface area contributed by atoms with Crippen LogP contribution in [0.4, 0.5) is 5.13 Å². The van der Waals surface area contributed by atoms with Crippen molar-refractivity contribution < 1.29 is 13.2 Å². The zero-order chi connectivity index (χ0) is 18.9. The molecule has 4 rings (SSSR count). The SMILES string of the molecule is O=C(CCN=C1NS(=O)(=O)c2ccccc21)Nc1nnc(-c2ccsc2)s1. The number of nitrogens with zero attached hydrogens (tertiary/aromatic N) is 3. The molecule has 2 N–H and O–H groups in total. The molecule has 0 spiro atoms. The Morgan fingerprint density at radius 3 is 2.89 bits per heavy atom. The first-order chi connectivity index (χ1) is 13.0. The predicted molar refractivity (Wildman–Crippen MR) is 105 cm³/mol. The van der Waals surface area contributed by atoms with Crippen LogP contribution in [-0.4, -0.2) is 36.9 Å². The molecule has 0 radical (unpaired) electrons. The van der Waals surface area contributed by atoms with E-state index >= 15 is 0 Å². The fraction of sp³-hybridized carbons (Fsp3) is 0.125. The summed E-state index contributed by atoms with van der Waals surface area (Å²) in [5.41, 5.74) is 1.49. The first-order valence-electron chi connectivity index (χ1n) is 7.85. The Labute approximate surface area is 163 Å². The summed E-state index contributed by atoms with van der Waals surface area (Å²) in [6.45, 7) is 0.147. The van der Waals surface area contributed by atoms with E-state index in [0.717, 1.165) is 10.6 Å². The van der Waals surface area contributed by atoms with E-state index in [1.807, 2.05) is 16.8 Å². The van der Waals surface area contributed by atoms with Crippen molar-refractivity contribution >= 4 is 49.6 Å². The highest BCUT2D eigenvalue weighted by Crippen LogP contribution is 2.28. The van der Waals surface area contributed by atoms with Crippen LogP contribution in [0.1, 0.15) is 12.0 Å². The van der Waals surface area contributed by atoms with E-state index in [9.17, 15) is 13.2 Å². The normalized spacial score (nSPS) is 16.1. The standard InChI is InChI=1S/C16H13N5O3S3/c22-13(18-16-20-19-15(26-16)10-6-8-25-9-10)5-7-17-14-11-3-1-2-4-12(11)27(23,24)21-14/h1-4,6,8-9H,5,7H2,(H,17,21)(H,18,20,22). The minimum Gasteiger partial charge on any atom is -0.300 e. The molecule has 1 amide bonds. The third-order valence-electron chi connectivity index (χ3n) is 3.71. The van der Waals surface area contributed by atoms with Gasteiger partial charge in [-0.2, -0.15) is 11.3 Å². The fourth-order valence-corrected chi connectivity index (χ4v) is 5.20. The largest absolute Gasteiger partial charge is 0.300 e. The third kappa shape index (κ3) is 3.75. The average molecular weight is 420 g/mol. The number of thiophene rings is 1. The van der Waals surface area contributed by atoms with Crippen LogP contribution in [-0.2, 0) is 14.8 Å². The number of carbonyl (C=O) groups excluding carboxylic acids is 1. The van der Waals surface area contributed by atoms with Gasteiger partial charge in [-0.25, -0.2) is 8.42 Å². The molecule has 0 aliphatic carbocycles. The van der Waals surface area contributed by atoms with E-state index in [1.165, 1.54) is 17.4 Å². The highest BCUT2D eigenvalue weighted by Gasteiger charge is 2.29. The summed E-state index contributed by atoms with van der Waals surface area (Å²) < 4.78 is 26.4. The molecule has 1 aliphatic heterocycles.